The van der Waals surface area contributed by atoms with Crippen LogP contribution in [0.3, 0.4) is 0 Å². The SMILES string of the molecule is Cc1ccc(C(=O)c2cccn2C/C=C/c2ccc(CC=O)c(C(=O)NCC(=O)O)c2)cc1. The van der Waals surface area contributed by atoms with E-state index >= 15 is 0 Å². The van der Waals surface area contributed by atoms with Gasteiger partial charge in [-0.3, -0.25) is 14.4 Å². The molecular weight excluding hydrogens is 420 g/mol. The maximum absolute atomic E-state index is 12.8. The van der Waals surface area contributed by atoms with E-state index in [0.29, 0.717) is 35.2 Å². The van der Waals surface area contributed by atoms with Gasteiger partial charge in [-0.25, -0.2) is 0 Å². The van der Waals surface area contributed by atoms with Crippen LogP contribution in [-0.4, -0.2) is 40.2 Å². The van der Waals surface area contributed by atoms with Gasteiger partial charge in [0, 0.05) is 30.3 Å². The number of aromatic nitrogens is 1. The summed E-state index contributed by atoms with van der Waals surface area (Å²) in [5, 5.41) is 11.1. The molecule has 0 aliphatic rings. The Bertz CT molecular complexity index is 1210. The molecule has 7 heteroatoms. The van der Waals surface area contributed by atoms with E-state index in [1.807, 2.05) is 54.1 Å². The number of ketones is 1. The van der Waals surface area contributed by atoms with E-state index in [9.17, 15) is 19.2 Å². The fourth-order valence-corrected chi connectivity index (χ4v) is 3.36. The van der Waals surface area contributed by atoms with Crippen LogP contribution >= 0.6 is 0 Å². The molecule has 0 unspecified atom stereocenters. The number of nitrogens with one attached hydrogen (secondary N) is 1. The summed E-state index contributed by atoms with van der Waals surface area (Å²) in [7, 11) is 0. The highest BCUT2D eigenvalue weighted by molar-refractivity contribution is 6.08. The van der Waals surface area contributed by atoms with Crippen LogP contribution in [0.4, 0.5) is 0 Å². The van der Waals surface area contributed by atoms with Crippen LogP contribution in [0.2, 0.25) is 0 Å². The third-order valence-electron chi connectivity index (χ3n) is 5.07. The van der Waals surface area contributed by atoms with Gasteiger partial charge in [0.15, 0.2) is 0 Å². The van der Waals surface area contributed by atoms with Gasteiger partial charge in [0.1, 0.15) is 12.8 Å². The molecule has 0 radical (unpaired) electrons. The van der Waals surface area contributed by atoms with Crippen molar-refractivity contribution in [2.75, 3.05) is 6.54 Å². The zero-order chi connectivity index (χ0) is 23.8. The van der Waals surface area contributed by atoms with Gasteiger partial charge >= 0.3 is 5.97 Å². The molecule has 33 heavy (non-hydrogen) atoms. The molecule has 0 spiro atoms. The van der Waals surface area contributed by atoms with Crippen LogP contribution in [0.5, 0.6) is 0 Å². The van der Waals surface area contributed by atoms with Gasteiger partial charge in [-0.1, -0.05) is 54.1 Å². The molecule has 0 fully saturated rings. The summed E-state index contributed by atoms with van der Waals surface area (Å²) in [6.45, 7) is 1.90. The van der Waals surface area contributed by atoms with Gasteiger partial charge in [-0.05, 0) is 36.2 Å². The molecule has 1 heterocycles. The maximum Gasteiger partial charge on any atom is 0.322 e. The van der Waals surface area contributed by atoms with E-state index in [1.54, 1.807) is 30.3 Å². The number of carboxylic acids is 1. The standard InChI is InChI=1S/C26H24N2O5/c1-18-6-9-21(10-7-18)25(32)23-5-3-14-28(23)13-2-4-19-8-11-20(12-15-29)22(16-19)26(33)27-17-24(30)31/h2-11,14-16H,12-13,17H2,1H3,(H,27,33)(H,30,31)/b4-2+. The first kappa shape index (κ1) is 23.4. The summed E-state index contributed by atoms with van der Waals surface area (Å²) in [4.78, 5) is 46.9. The summed E-state index contributed by atoms with van der Waals surface area (Å²) in [6, 6.07) is 16.1. The normalized spacial score (nSPS) is 10.8. The lowest BCUT2D eigenvalue weighted by atomic mass is 10.0. The average molecular weight is 444 g/mol. The van der Waals surface area contributed by atoms with Crippen molar-refractivity contribution < 1.29 is 24.3 Å². The van der Waals surface area contributed by atoms with Crippen molar-refractivity contribution in [3.63, 3.8) is 0 Å². The smallest absolute Gasteiger partial charge is 0.322 e. The quantitative estimate of drug-likeness (QED) is 0.369. The second kappa shape index (κ2) is 10.9. The average Bonchev–Trinajstić information content (AvgIpc) is 3.27. The van der Waals surface area contributed by atoms with Crippen molar-refractivity contribution in [1.82, 2.24) is 9.88 Å². The number of aryl methyl sites for hydroxylation is 1. The molecule has 3 rings (SSSR count). The largest absolute Gasteiger partial charge is 0.480 e. The number of amides is 1. The van der Waals surface area contributed by atoms with Crippen LogP contribution in [0, 0.1) is 6.92 Å². The molecule has 1 amide bonds. The number of allylic oxidation sites excluding steroid dienone is 1. The van der Waals surface area contributed by atoms with Crippen LogP contribution in [-0.2, 0) is 22.6 Å². The first-order chi connectivity index (χ1) is 15.9. The number of nitrogens with zero attached hydrogens (tertiary/aromatic N) is 1. The van der Waals surface area contributed by atoms with E-state index in [-0.39, 0.29) is 17.8 Å². The number of carboxylic acid groups (broad SMARTS) is 1. The van der Waals surface area contributed by atoms with Crippen LogP contribution < -0.4 is 5.32 Å². The monoisotopic (exact) mass is 444 g/mol. The molecule has 168 valence electrons. The van der Waals surface area contributed by atoms with E-state index in [1.165, 1.54) is 0 Å². The predicted molar refractivity (Wildman–Crippen MR) is 124 cm³/mol. The van der Waals surface area contributed by atoms with Crippen molar-refractivity contribution >= 4 is 30.0 Å². The minimum Gasteiger partial charge on any atom is -0.480 e. The molecule has 2 aromatic carbocycles. The van der Waals surface area contributed by atoms with Crippen LogP contribution in [0.25, 0.3) is 6.08 Å². The first-order valence-corrected chi connectivity index (χ1v) is 10.4. The number of hydrogen-bond donors (Lipinski definition) is 2. The predicted octanol–water partition coefficient (Wildman–Crippen LogP) is 3.30. The first-order valence-electron chi connectivity index (χ1n) is 10.4. The van der Waals surface area contributed by atoms with Gasteiger partial charge in [-0.15, -0.1) is 0 Å². The van der Waals surface area contributed by atoms with Crippen molar-refractivity contribution in [1.29, 1.82) is 0 Å². The number of benzene rings is 2. The van der Waals surface area contributed by atoms with E-state index in [4.69, 9.17) is 5.11 Å². The van der Waals surface area contributed by atoms with Gasteiger partial charge in [0.05, 0.1) is 5.69 Å². The molecular formula is C26H24N2O5. The molecule has 3 aromatic rings. The highest BCUT2D eigenvalue weighted by Gasteiger charge is 2.14. The second-order valence-corrected chi connectivity index (χ2v) is 7.51. The fraction of sp³-hybridized carbons (Fsp3) is 0.154. The topological polar surface area (TPSA) is 105 Å². The Kier molecular flexibility index (Phi) is 7.70. The molecule has 0 saturated heterocycles. The van der Waals surface area contributed by atoms with Gasteiger partial charge in [0.25, 0.3) is 5.91 Å². The Morgan fingerprint density at radius 1 is 1.06 bits per heavy atom. The molecule has 0 aliphatic carbocycles. The van der Waals surface area contributed by atoms with Gasteiger partial charge < -0.3 is 19.8 Å². The Morgan fingerprint density at radius 2 is 1.82 bits per heavy atom. The zero-order valence-electron chi connectivity index (χ0n) is 18.2. The lowest BCUT2D eigenvalue weighted by molar-refractivity contribution is -0.135. The number of carbonyl (C=O) groups excluding carboxylic acids is 3. The number of carbonyl (C=O) groups is 4. The van der Waals surface area contributed by atoms with Crippen molar-refractivity contribution in [2.45, 2.75) is 19.9 Å². The van der Waals surface area contributed by atoms with Crippen LogP contribution in [0.15, 0.2) is 66.9 Å². The number of rotatable bonds is 10. The fourth-order valence-electron chi connectivity index (χ4n) is 3.36. The highest BCUT2D eigenvalue weighted by atomic mass is 16.4. The lowest BCUT2D eigenvalue weighted by Crippen LogP contribution is -2.30. The van der Waals surface area contributed by atoms with Gasteiger partial charge in [-0.2, -0.15) is 0 Å². The second-order valence-electron chi connectivity index (χ2n) is 7.51. The third-order valence-corrected chi connectivity index (χ3v) is 5.07. The zero-order valence-corrected chi connectivity index (χ0v) is 18.2. The van der Waals surface area contributed by atoms with Crippen LogP contribution in [0.1, 0.15) is 43.1 Å². The Morgan fingerprint density at radius 3 is 2.52 bits per heavy atom. The van der Waals surface area contributed by atoms with Crippen molar-refractivity contribution in [2.24, 2.45) is 0 Å². The van der Waals surface area contributed by atoms with E-state index in [2.05, 4.69) is 5.32 Å². The van der Waals surface area contributed by atoms with Crippen molar-refractivity contribution in [3.8, 4) is 0 Å². The molecule has 0 bridgehead atoms. The van der Waals surface area contributed by atoms with E-state index < -0.39 is 18.4 Å². The summed E-state index contributed by atoms with van der Waals surface area (Å²) in [6.07, 6.45) is 6.23. The summed E-state index contributed by atoms with van der Waals surface area (Å²) < 4.78 is 1.83. The van der Waals surface area contributed by atoms with Gasteiger partial charge in [0.2, 0.25) is 5.78 Å². The highest BCUT2D eigenvalue weighted by Crippen LogP contribution is 2.16. The summed E-state index contributed by atoms with van der Waals surface area (Å²) in [5.41, 5.74) is 3.75. The minimum absolute atomic E-state index is 0.0493. The number of aliphatic carboxylic acids is 1. The molecule has 7 nitrogen and oxygen atoms in total. The minimum atomic E-state index is -1.15. The molecule has 0 aliphatic heterocycles. The number of aldehydes is 1. The lowest BCUT2D eigenvalue weighted by Gasteiger charge is -2.09. The third kappa shape index (κ3) is 6.13. The maximum atomic E-state index is 12.8. The Hall–Kier alpha value is -4.26. The Balaban J connectivity index is 1.76. The molecule has 0 saturated carbocycles. The van der Waals surface area contributed by atoms with E-state index in [0.717, 1.165) is 5.56 Å². The molecule has 2 N–H and O–H groups in total. The number of hydrogen-bond acceptors (Lipinski definition) is 4. The summed E-state index contributed by atoms with van der Waals surface area (Å²) in [5.74, 6) is -1.77. The van der Waals surface area contributed by atoms with Crippen molar-refractivity contribution in [3.05, 3.63) is 100 Å². The molecule has 1 aromatic heterocycles. The summed E-state index contributed by atoms with van der Waals surface area (Å²) >= 11 is 0. The Labute approximate surface area is 191 Å². The molecule has 0 atom stereocenters.